The van der Waals surface area contributed by atoms with E-state index in [4.69, 9.17) is 0 Å². The summed E-state index contributed by atoms with van der Waals surface area (Å²) in [6.45, 7) is 4.26. The second-order valence-corrected chi connectivity index (χ2v) is 7.86. The topological polar surface area (TPSA) is 61.4 Å². The fraction of sp³-hybridized carbons (Fsp3) is 0.429. The molecule has 1 aromatic heterocycles. The van der Waals surface area contributed by atoms with Crippen molar-refractivity contribution in [1.82, 2.24) is 15.5 Å². The van der Waals surface area contributed by atoms with Gasteiger partial charge in [0, 0.05) is 26.1 Å². The molecule has 0 spiro atoms. The minimum Gasteiger partial charge on any atom is -0.352 e. The average molecular weight is 386 g/mol. The first-order valence-corrected chi connectivity index (χ1v) is 10.5. The molecule has 1 fully saturated rings. The molecule has 5 nitrogen and oxygen atoms in total. The molecular weight excluding hydrogens is 358 g/mol. The quantitative estimate of drug-likeness (QED) is 0.734. The Kier molecular flexibility index (Phi) is 7.42. The Hall–Kier alpha value is -2.18. The number of rotatable bonds is 8. The molecule has 0 saturated carbocycles. The maximum Gasteiger partial charge on any atom is 0.261 e. The number of hydrogen-bond acceptors (Lipinski definition) is 4. The van der Waals surface area contributed by atoms with Crippen molar-refractivity contribution in [3.63, 3.8) is 0 Å². The molecule has 0 unspecified atom stereocenters. The van der Waals surface area contributed by atoms with Gasteiger partial charge in [-0.15, -0.1) is 11.3 Å². The highest BCUT2D eigenvalue weighted by molar-refractivity contribution is 7.12. The van der Waals surface area contributed by atoms with Crippen molar-refractivity contribution in [2.45, 2.75) is 38.8 Å². The van der Waals surface area contributed by atoms with Crippen molar-refractivity contribution in [1.29, 1.82) is 0 Å². The van der Waals surface area contributed by atoms with Crippen LogP contribution in [0.1, 0.15) is 46.5 Å². The van der Waals surface area contributed by atoms with Crippen molar-refractivity contribution >= 4 is 23.2 Å². The van der Waals surface area contributed by atoms with Crippen LogP contribution in [0.4, 0.5) is 0 Å². The first kappa shape index (κ1) is 19.6. The summed E-state index contributed by atoms with van der Waals surface area (Å²) >= 11 is 1.39. The van der Waals surface area contributed by atoms with E-state index in [1.54, 1.807) is 6.07 Å². The molecule has 0 radical (unpaired) electrons. The van der Waals surface area contributed by atoms with Crippen LogP contribution in [0.2, 0.25) is 0 Å². The monoisotopic (exact) mass is 385 g/mol. The van der Waals surface area contributed by atoms with Gasteiger partial charge in [0.1, 0.15) is 0 Å². The van der Waals surface area contributed by atoms with Crippen molar-refractivity contribution in [2.75, 3.05) is 19.6 Å². The number of benzene rings is 1. The summed E-state index contributed by atoms with van der Waals surface area (Å²) in [6.07, 6.45) is 4.24. The molecule has 1 aliphatic rings. The van der Waals surface area contributed by atoms with Crippen LogP contribution in [0.15, 0.2) is 41.8 Å². The smallest absolute Gasteiger partial charge is 0.261 e. The van der Waals surface area contributed by atoms with E-state index in [0.29, 0.717) is 18.0 Å². The molecule has 6 heteroatoms. The van der Waals surface area contributed by atoms with E-state index in [0.717, 1.165) is 12.1 Å². The fourth-order valence-electron chi connectivity index (χ4n) is 3.21. The molecule has 1 aliphatic heterocycles. The van der Waals surface area contributed by atoms with Crippen molar-refractivity contribution < 1.29 is 9.59 Å². The number of nitrogens with one attached hydrogen (secondary N) is 2. The number of amides is 2. The SMILES string of the molecule is O=C(CCNC(=O)c1cccs1)NCc1ccc(CN2CCCCC2)cc1. The largest absolute Gasteiger partial charge is 0.352 e. The number of nitrogens with zero attached hydrogens (tertiary/aromatic N) is 1. The van der Waals surface area contributed by atoms with Crippen molar-refractivity contribution in [2.24, 2.45) is 0 Å². The molecule has 0 bridgehead atoms. The minimum absolute atomic E-state index is 0.0566. The summed E-state index contributed by atoms with van der Waals surface area (Å²) in [4.78, 5) is 26.9. The second-order valence-electron chi connectivity index (χ2n) is 6.91. The lowest BCUT2D eigenvalue weighted by atomic mass is 10.1. The summed E-state index contributed by atoms with van der Waals surface area (Å²) in [6, 6.07) is 12.1. The van der Waals surface area contributed by atoms with E-state index in [1.807, 2.05) is 11.4 Å². The lowest BCUT2D eigenvalue weighted by Crippen LogP contribution is -2.30. The highest BCUT2D eigenvalue weighted by Crippen LogP contribution is 2.13. The second kappa shape index (κ2) is 10.2. The van der Waals surface area contributed by atoms with Crippen LogP contribution in [0.25, 0.3) is 0 Å². The van der Waals surface area contributed by atoms with Gasteiger partial charge in [-0.25, -0.2) is 0 Å². The van der Waals surface area contributed by atoms with E-state index in [9.17, 15) is 9.59 Å². The summed E-state index contributed by atoms with van der Waals surface area (Å²) in [5.74, 6) is -0.180. The summed E-state index contributed by atoms with van der Waals surface area (Å²) in [5.41, 5.74) is 2.41. The highest BCUT2D eigenvalue weighted by atomic mass is 32.1. The number of carbonyl (C=O) groups is 2. The van der Waals surface area contributed by atoms with Crippen LogP contribution in [-0.4, -0.2) is 36.3 Å². The Morgan fingerprint density at radius 1 is 0.963 bits per heavy atom. The summed E-state index contributed by atoms with van der Waals surface area (Å²) < 4.78 is 0. The van der Waals surface area contributed by atoms with Crippen LogP contribution >= 0.6 is 11.3 Å². The zero-order valence-corrected chi connectivity index (χ0v) is 16.4. The molecule has 2 heterocycles. The zero-order chi connectivity index (χ0) is 18.9. The molecule has 144 valence electrons. The lowest BCUT2D eigenvalue weighted by Gasteiger charge is -2.26. The number of carbonyl (C=O) groups excluding carboxylic acids is 2. The molecule has 3 rings (SSSR count). The highest BCUT2D eigenvalue weighted by Gasteiger charge is 2.10. The Balaban J connectivity index is 1.34. The van der Waals surface area contributed by atoms with Gasteiger partial charge >= 0.3 is 0 Å². The molecule has 0 aliphatic carbocycles. The molecule has 2 N–H and O–H groups in total. The van der Waals surface area contributed by atoms with Gasteiger partial charge in [0.2, 0.25) is 5.91 Å². The van der Waals surface area contributed by atoms with E-state index < -0.39 is 0 Å². The summed E-state index contributed by atoms with van der Waals surface area (Å²) in [7, 11) is 0. The van der Waals surface area contributed by atoms with Crippen LogP contribution in [-0.2, 0) is 17.9 Å². The predicted octanol–water partition coefficient (Wildman–Crippen LogP) is 3.17. The maximum atomic E-state index is 11.9. The average Bonchev–Trinajstić information content (AvgIpc) is 3.23. The van der Waals surface area contributed by atoms with Gasteiger partial charge in [0.05, 0.1) is 4.88 Å². The number of likely N-dealkylation sites (tertiary alicyclic amines) is 1. The van der Waals surface area contributed by atoms with Gasteiger partial charge in [-0.2, -0.15) is 0 Å². The third-order valence-electron chi connectivity index (χ3n) is 4.75. The van der Waals surface area contributed by atoms with E-state index in [2.05, 4.69) is 39.8 Å². The first-order valence-electron chi connectivity index (χ1n) is 9.59. The van der Waals surface area contributed by atoms with E-state index >= 15 is 0 Å². The lowest BCUT2D eigenvalue weighted by molar-refractivity contribution is -0.121. The van der Waals surface area contributed by atoms with Gasteiger partial charge in [0.15, 0.2) is 0 Å². The standard InChI is InChI=1S/C21H27N3O2S/c25-20(10-11-22-21(26)19-5-4-14-27-19)23-15-17-6-8-18(9-7-17)16-24-12-2-1-3-13-24/h4-9,14H,1-3,10-13,15-16H2,(H,22,26)(H,23,25). The third kappa shape index (κ3) is 6.48. The van der Waals surface area contributed by atoms with Gasteiger partial charge in [-0.3, -0.25) is 14.5 Å². The van der Waals surface area contributed by atoms with Crippen molar-refractivity contribution in [3.8, 4) is 0 Å². The van der Waals surface area contributed by atoms with E-state index in [-0.39, 0.29) is 18.2 Å². The Labute approximate surface area is 164 Å². The normalized spacial score (nSPS) is 14.7. The molecular formula is C21H27N3O2S. The molecule has 2 amide bonds. The van der Waals surface area contributed by atoms with Crippen LogP contribution in [0.3, 0.4) is 0 Å². The van der Waals surface area contributed by atoms with Crippen LogP contribution < -0.4 is 10.6 Å². The Morgan fingerprint density at radius 3 is 2.41 bits per heavy atom. The van der Waals surface area contributed by atoms with Gasteiger partial charge in [-0.05, 0) is 48.5 Å². The molecule has 0 atom stereocenters. The minimum atomic E-state index is -0.123. The maximum absolute atomic E-state index is 11.9. The Morgan fingerprint density at radius 2 is 1.70 bits per heavy atom. The zero-order valence-electron chi connectivity index (χ0n) is 15.6. The molecule has 27 heavy (non-hydrogen) atoms. The first-order chi connectivity index (χ1) is 13.2. The van der Waals surface area contributed by atoms with Gasteiger partial charge in [-0.1, -0.05) is 36.8 Å². The van der Waals surface area contributed by atoms with Crippen molar-refractivity contribution in [3.05, 3.63) is 57.8 Å². The molecule has 2 aromatic rings. The number of piperidine rings is 1. The van der Waals surface area contributed by atoms with Gasteiger partial charge < -0.3 is 10.6 Å². The van der Waals surface area contributed by atoms with E-state index in [1.165, 1.54) is 49.3 Å². The van der Waals surface area contributed by atoms with Crippen LogP contribution in [0, 0.1) is 0 Å². The third-order valence-corrected chi connectivity index (χ3v) is 5.62. The van der Waals surface area contributed by atoms with Gasteiger partial charge in [0.25, 0.3) is 5.91 Å². The predicted molar refractivity (Wildman–Crippen MR) is 109 cm³/mol. The Bertz CT molecular complexity index is 722. The fourth-order valence-corrected chi connectivity index (χ4v) is 3.85. The number of thiophene rings is 1. The molecule has 1 aromatic carbocycles. The number of hydrogen-bond donors (Lipinski definition) is 2. The summed E-state index contributed by atoms with van der Waals surface area (Å²) in [5, 5.41) is 7.54. The van der Waals surface area contributed by atoms with Crippen LogP contribution in [0.5, 0.6) is 0 Å². The molecule has 1 saturated heterocycles.